The predicted molar refractivity (Wildman–Crippen MR) is 99.7 cm³/mol. The molecule has 1 aliphatic heterocycles. The number of rotatable bonds is 5. The van der Waals surface area contributed by atoms with Crippen LogP contribution in [0, 0.1) is 0 Å². The molecule has 0 bridgehead atoms. The minimum atomic E-state index is -0.962. The molecule has 1 aromatic carbocycles. The Morgan fingerprint density at radius 1 is 1.33 bits per heavy atom. The molecule has 0 spiro atoms. The number of phenolic OH excluding ortho intramolecular Hbond substituents is 2. The van der Waals surface area contributed by atoms with Crippen LogP contribution in [0.1, 0.15) is 24.3 Å². The fourth-order valence-electron chi connectivity index (χ4n) is 3.39. The lowest BCUT2D eigenvalue weighted by Crippen LogP contribution is -2.40. The van der Waals surface area contributed by atoms with Gasteiger partial charge in [0.15, 0.2) is 10.5 Å². The summed E-state index contributed by atoms with van der Waals surface area (Å²) in [5.74, 6) is -1.85. The van der Waals surface area contributed by atoms with Crippen LogP contribution in [0.15, 0.2) is 26.4 Å². The summed E-state index contributed by atoms with van der Waals surface area (Å²) in [4.78, 5) is 25.1. The van der Waals surface area contributed by atoms with Gasteiger partial charge in [-0.05, 0) is 20.0 Å². The zero-order chi connectivity index (χ0) is 19.7. The van der Waals surface area contributed by atoms with Crippen molar-refractivity contribution in [1.29, 1.82) is 0 Å². The molecule has 1 aliphatic rings. The van der Waals surface area contributed by atoms with Crippen molar-refractivity contribution in [1.82, 2.24) is 4.90 Å². The highest BCUT2D eigenvalue weighted by Gasteiger charge is 2.32. The van der Waals surface area contributed by atoms with Gasteiger partial charge in [0.05, 0.1) is 12.5 Å². The molecular formula is C18H21NO7S. The number of aromatic hydroxyl groups is 2. The highest BCUT2D eigenvalue weighted by atomic mass is 32.2. The van der Waals surface area contributed by atoms with E-state index in [1.807, 2.05) is 11.9 Å². The van der Waals surface area contributed by atoms with E-state index in [0.29, 0.717) is 25.1 Å². The summed E-state index contributed by atoms with van der Waals surface area (Å²) in [6.07, 6.45) is -0.320. The normalized spacial score (nSPS) is 20.8. The molecule has 1 aromatic heterocycles. The molecule has 0 aliphatic carbocycles. The van der Waals surface area contributed by atoms with Gasteiger partial charge in [-0.25, -0.2) is 0 Å². The Bertz CT molecular complexity index is 926. The van der Waals surface area contributed by atoms with Crippen LogP contribution in [0.2, 0.25) is 0 Å². The van der Waals surface area contributed by atoms with Gasteiger partial charge in [-0.15, -0.1) is 0 Å². The fourth-order valence-corrected chi connectivity index (χ4v) is 4.21. The highest BCUT2D eigenvalue weighted by molar-refractivity contribution is 7.99. The molecule has 3 rings (SSSR count). The molecule has 0 unspecified atom stereocenters. The highest BCUT2D eigenvalue weighted by Crippen LogP contribution is 2.42. The molecule has 0 amide bonds. The number of phenols is 2. The lowest BCUT2D eigenvalue weighted by molar-refractivity contribution is -0.136. The lowest BCUT2D eigenvalue weighted by Gasteiger charge is -2.34. The average Bonchev–Trinajstić information content (AvgIpc) is 2.55. The topological polar surface area (TPSA) is 131 Å². The fraction of sp³-hybridized carbons (Fsp3) is 0.444. The first kappa shape index (κ1) is 19.5. The summed E-state index contributed by atoms with van der Waals surface area (Å²) in [7, 11) is 1.88. The predicted octanol–water partition coefficient (Wildman–Crippen LogP) is 1.55. The van der Waals surface area contributed by atoms with Crippen molar-refractivity contribution in [3.8, 4) is 11.5 Å². The first-order valence-corrected chi connectivity index (χ1v) is 9.50. The SMILES string of the molecule is CN1CC[C@@H](c2c(O)cc(O)c3c(=O)cc(SCCC(=O)O)oc23)[C@@H](O)C1. The number of nitrogens with zero attached hydrogens (tertiary/aromatic N) is 1. The number of β-amino-alcohol motifs (C(OH)–C–C–N with tert-alkyl or cyclic N) is 1. The van der Waals surface area contributed by atoms with E-state index in [9.17, 15) is 24.9 Å². The van der Waals surface area contributed by atoms with Crippen LogP contribution in [-0.4, -0.2) is 63.3 Å². The first-order valence-electron chi connectivity index (χ1n) is 8.51. The minimum Gasteiger partial charge on any atom is -0.507 e. The number of thioether (sulfide) groups is 1. The van der Waals surface area contributed by atoms with Crippen LogP contribution in [0.4, 0.5) is 0 Å². The smallest absolute Gasteiger partial charge is 0.304 e. The van der Waals surface area contributed by atoms with Crippen molar-refractivity contribution in [2.24, 2.45) is 0 Å². The largest absolute Gasteiger partial charge is 0.507 e. The van der Waals surface area contributed by atoms with Gasteiger partial charge in [0.25, 0.3) is 0 Å². The number of hydrogen-bond acceptors (Lipinski definition) is 8. The third kappa shape index (κ3) is 4.05. The molecule has 1 fully saturated rings. The lowest BCUT2D eigenvalue weighted by atomic mass is 9.85. The Balaban J connectivity index is 2.10. The summed E-state index contributed by atoms with van der Waals surface area (Å²) in [6.45, 7) is 1.10. The number of carboxylic acid groups (broad SMARTS) is 1. The second-order valence-corrected chi connectivity index (χ2v) is 7.78. The van der Waals surface area contributed by atoms with Gasteiger partial charge >= 0.3 is 5.97 Å². The third-order valence-electron chi connectivity index (χ3n) is 4.69. The quantitative estimate of drug-likeness (QED) is 0.557. The molecule has 146 valence electrons. The summed E-state index contributed by atoms with van der Waals surface area (Å²) >= 11 is 1.06. The number of benzene rings is 1. The number of likely N-dealkylation sites (tertiary alicyclic amines) is 1. The third-order valence-corrected chi connectivity index (χ3v) is 5.59. The molecule has 8 nitrogen and oxygen atoms in total. The number of fused-ring (bicyclic) bond motifs is 1. The second-order valence-electron chi connectivity index (χ2n) is 6.68. The average molecular weight is 395 g/mol. The number of aliphatic hydroxyl groups excluding tert-OH is 1. The summed E-state index contributed by atoms with van der Waals surface area (Å²) in [6, 6.07) is 2.29. The summed E-state index contributed by atoms with van der Waals surface area (Å²) in [5.41, 5.74) is -0.164. The van der Waals surface area contributed by atoms with Crippen molar-refractivity contribution in [2.75, 3.05) is 25.9 Å². The Labute approximate surface area is 159 Å². The first-order chi connectivity index (χ1) is 12.8. The van der Waals surface area contributed by atoms with E-state index in [1.54, 1.807) is 0 Å². The molecule has 0 saturated carbocycles. The molecule has 1 saturated heterocycles. The van der Waals surface area contributed by atoms with Crippen molar-refractivity contribution in [2.45, 2.75) is 30.0 Å². The van der Waals surface area contributed by atoms with Crippen LogP contribution >= 0.6 is 11.8 Å². The van der Waals surface area contributed by atoms with Crippen molar-refractivity contribution in [3.63, 3.8) is 0 Å². The van der Waals surface area contributed by atoms with Crippen LogP contribution in [-0.2, 0) is 4.79 Å². The molecule has 2 aromatic rings. The Morgan fingerprint density at radius 2 is 2.07 bits per heavy atom. The van der Waals surface area contributed by atoms with E-state index in [4.69, 9.17) is 9.52 Å². The van der Waals surface area contributed by atoms with Gasteiger partial charge in [0, 0.05) is 35.9 Å². The number of piperidine rings is 1. The Morgan fingerprint density at radius 3 is 2.74 bits per heavy atom. The van der Waals surface area contributed by atoms with E-state index < -0.39 is 29.2 Å². The van der Waals surface area contributed by atoms with E-state index in [-0.39, 0.29) is 34.0 Å². The molecule has 27 heavy (non-hydrogen) atoms. The van der Waals surface area contributed by atoms with Crippen LogP contribution in [0.3, 0.4) is 0 Å². The molecule has 4 N–H and O–H groups in total. The van der Waals surface area contributed by atoms with E-state index in [0.717, 1.165) is 17.8 Å². The summed E-state index contributed by atoms with van der Waals surface area (Å²) < 4.78 is 5.77. The zero-order valence-corrected chi connectivity index (χ0v) is 15.5. The minimum absolute atomic E-state index is 0.0337. The van der Waals surface area contributed by atoms with Gasteiger partial charge in [-0.3, -0.25) is 9.59 Å². The Hall–Kier alpha value is -2.23. The van der Waals surface area contributed by atoms with E-state index in [2.05, 4.69) is 0 Å². The van der Waals surface area contributed by atoms with Crippen LogP contribution < -0.4 is 5.43 Å². The number of carbonyl (C=O) groups is 1. The van der Waals surface area contributed by atoms with Crippen LogP contribution in [0.25, 0.3) is 11.0 Å². The number of carboxylic acids is 1. The standard InChI is InChI=1S/C18H21NO7S/c1-19-4-2-9(13(23)8-19)16-10(20)6-11(21)17-12(22)7-15(26-18(16)17)27-5-3-14(24)25/h6-7,9,13,20-21,23H,2-5,8H2,1H3,(H,24,25)/t9-,13+/m1/s1. The maximum absolute atomic E-state index is 12.5. The van der Waals surface area contributed by atoms with Crippen molar-refractivity contribution >= 4 is 28.7 Å². The molecule has 9 heteroatoms. The van der Waals surface area contributed by atoms with Gasteiger partial charge < -0.3 is 29.7 Å². The zero-order valence-electron chi connectivity index (χ0n) is 14.7. The monoisotopic (exact) mass is 395 g/mol. The Kier molecular flexibility index (Phi) is 5.64. The van der Waals surface area contributed by atoms with E-state index in [1.165, 1.54) is 6.07 Å². The van der Waals surface area contributed by atoms with E-state index >= 15 is 0 Å². The maximum Gasteiger partial charge on any atom is 0.304 e. The number of hydrogen-bond donors (Lipinski definition) is 4. The van der Waals surface area contributed by atoms with Crippen molar-refractivity contribution in [3.05, 3.63) is 27.9 Å². The number of aliphatic carboxylic acids is 1. The van der Waals surface area contributed by atoms with Gasteiger partial charge in [-0.1, -0.05) is 11.8 Å². The molecule has 2 heterocycles. The molecule has 0 radical (unpaired) electrons. The van der Waals surface area contributed by atoms with Gasteiger partial charge in [0.2, 0.25) is 0 Å². The molecule has 2 atom stereocenters. The number of likely N-dealkylation sites (N-methyl/N-ethyl adjacent to an activating group) is 1. The molecular weight excluding hydrogens is 374 g/mol. The second kappa shape index (κ2) is 7.79. The van der Waals surface area contributed by atoms with Crippen LogP contribution in [0.5, 0.6) is 11.5 Å². The van der Waals surface area contributed by atoms with Gasteiger partial charge in [-0.2, -0.15) is 0 Å². The summed E-state index contributed by atoms with van der Waals surface area (Å²) in [5, 5.41) is 39.9. The van der Waals surface area contributed by atoms with Gasteiger partial charge in [0.1, 0.15) is 22.5 Å². The number of aliphatic hydroxyl groups is 1. The van der Waals surface area contributed by atoms with Crippen molar-refractivity contribution < 1.29 is 29.6 Å². The maximum atomic E-state index is 12.5.